The van der Waals surface area contributed by atoms with Crippen molar-refractivity contribution in [1.82, 2.24) is 5.32 Å². The molecule has 0 spiro atoms. The Morgan fingerprint density at radius 3 is 2.50 bits per heavy atom. The first-order chi connectivity index (χ1) is 8.69. The third-order valence-electron chi connectivity index (χ3n) is 2.41. The quantitative estimate of drug-likeness (QED) is 0.895. The Labute approximate surface area is 104 Å². The van der Waals surface area contributed by atoms with Gasteiger partial charge in [-0.15, -0.1) is 0 Å². The van der Waals surface area contributed by atoms with Gasteiger partial charge in [0.15, 0.2) is 11.6 Å². The first kappa shape index (κ1) is 12.5. The maximum atomic E-state index is 13.0. The minimum absolute atomic E-state index is 0.274. The Hall–Kier alpha value is -1.94. The predicted octanol–water partition coefficient (Wildman–Crippen LogP) is 3.48. The second kappa shape index (κ2) is 5.60. The minimum Gasteiger partial charge on any atom is -0.457 e. The molecular weight excluding hydrogens is 236 g/mol. The van der Waals surface area contributed by atoms with Gasteiger partial charge in [-0.25, -0.2) is 8.78 Å². The average Bonchev–Trinajstić information content (AvgIpc) is 2.35. The monoisotopic (exact) mass is 249 g/mol. The standard InChI is InChI=1S/C14H13F2NO/c1-17-9-10-3-2-4-11(7-10)18-12-5-6-13(15)14(16)8-12/h2-8,17H,9H2,1H3. The summed E-state index contributed by atoms with van der Waals surface area (Å²) in [5.74, 6) is -0.936. The van der Waals surface area contributed by atoms with Crippen LogP contribution in [0.15, 0.2) is 42.5 Å². The summed E-state index contributed by atoms with van der Waals surface area (Å²) in [5, 5.41) is 3.03. The van der Waals surface area contributed by atoms with Crippen molar-refractivity contribution in [3.63, 3.8) is 0 Å². The largest absolute Gasteiger partial charge is 0.457 e. The van der Waals surface area contributed by atoms with E-state index in [1.807, 2.05) is 25.2 Å². The third kappa shape index (κ3) is 3.05. The van der Waals surface area contributed by atoms with Gasteiger partial charge in [-0.2, -0.15) is 0 Å². The van der Waals surface area contributed by atoms with Gasteiger partial charge in [0.2, 0.25) is 0 Å². The van der Waals surface area contributed by atoms with Crippen LogP contribution in [0.25, 0.3) is 0 Å². The van der Waals surface area contributed by atoms with Crippen molar-refractivity contribution in [3.05, 3.63) is 59.7 Å². The highest BCUT2D eigenvalue weighted by molar-refractivity contribution is 5.34. The molecule has 2 nitrogen and oxygen atoms in total. The second-order valence-corrected chi connectivity index (χ2v) is 3.86. The van der Waals surface area contributed by atoms with Gasteiger partial charge in [0.1, 0.15) is 11.5 Å². The van der Waals surface area contributed by atoms with E-state index in [9.17, 15) is 8.78 Å². The lowest BCUT2D eigenvalue weighted by Crippen LogP contribution is -2.04. The van der Waals surface area contributed by atoms with Crippen LogP contribution < -0.4 is 10.1 Å². The molecule has 4 heteroatoms. The zero-order chi connectivity index (χ0) is 13.0. The Balaban J connectivity index is 2.17. The second-order valence-electron chi connectivity index (χ2n) is 3.86. The highest BCUT2D eigenvalue weighted by Gasteiger charge is 2.04. The van der Waals surface area contributed by atoms with Crippen LogP contribution in [0.4, 0.5) is 8.78 Å². The van der Waals surface area contributed by atoms with Crippen molar-refractivity contribution in [1.29, 1.82) is 0 Å². The van der Waals surface area contributed by atoms with Gasteiger partial charge < -0.3 is 10.1 Å². The molecule has 0 radical (unpaired) electrons. The third-order valence-corrected chi connectivity index (χ3v) is 2.41. The topological polar surface area (TPSA) is 21.3 Å². The van der Waals surface area contributed by atoms with E-state index in [2.05, 4.69) is 5.32 Å². The molecule has 0 heterocycles. The van der Waals surface area contributed by atoms with E-state index in [0.29, 0.717) is 5.75 Å². The smallest absolute Gasteiger partial charge is 0.162 e. The van der Waals surface area contributed by atoms with Gasteiger partial charge >= 0.3 is 0 Å². The molecule has 0 bridgehead atoms. The summed E-state index contributed by atoms with van der Waals surface area (Å²) in [5.41, 5.74) is 1.05. The van der Waals surface area contributed by atoms with E-state index in [-0.39, 0.29) is 5.75 Å². The van der Waals surface area contributed by atoms with Crippen LogP contribution in [0.3, 0.4) is 0 Å². The molecule has 2 aromatic carbocycles. The lowest BCUT2D eigenvalue weighted by atomic mass is 10.2. The van der Waals surface area contributed by atoms with E-state index in [4.69, 9.17) is 4.74 Å². The minimum atomic E-state index is -0.918. The molecule has 0 atom stereocenters. The molecule has 18 heavy (non-hydrogen) atoms. The van der Waals surface area contributed by atoms with Crippen LogP contribution in [0.5, 0.6) is 11.5 Å². The van der Waals surface area contributed by atoms with Crippen molar-refractivity contribution >= 4 is 0 Å². The maximum absolute atomic E-state index is 13.0. The van der Waals surface area contributed by atoms with Gasteiger partial charge in [0.05, 0.1) is 0 Å². The van der Waals surface area contributed by atoms with Crippen molar-refractivity contribution < 1.29 is 13.5 Å². The van der Waals surface area contributed by atoms with Crippen LogP contribution in [-0.2, 0) is 6.54 Å². The predicted molar refractivity (Wildman–Crippen MR) is 65.6 cm³/mol. The highest BCUT2D eigenvalue weighted by Crippen LogP contribution is 2.23. The molecular formula is C14H13F2NO. The van der Waals surface area contributed by atoms with E-state index in [0.717, 1.165) is 24.2 Å². The average molecular weight is 249 g/mol. The Bertz CT molecular complexity index is 543. The fourth-order valence-electron chi connectivity index (χ4n) is 1.60. The lowest BCUT2D eigenvalue weighted by molar-refractivity contribution is 0.461. The summed E-state index contributed by atoms with van der Waals surface area (Å²) < 4.78 is 31.2. The van der Waals surface area contributed by atoms with Gasteiger partial charge in [0, 0.05) is 12.6 Å². The van der Waals surface area contributed by atoms with Gasteiger partial charge in [0.25, 0.3) is 0 Å². The molecule has 0 aromatic heterocycles. The zero-order valence-corrected chi connectivity index (χ0v) is 9.91. The highest BCUT2D eigenvalue weighted by atomic mass is 19.2. The number of nitrogens with one attached hydrogen (secondary N) is 1. The fraction of sp³-hybridized carbons (Fsp3) is 0.143. The van der Waals surface area contributed by atoms with Crippen LogP contribution >= 0.6 is 0 Å². The summed E-state index contributed by atoms with van der Waals surface area (Å²) in [7, 11) is 1.85. The number of ether oxygens (including phenoxy) is 1. The van der Waals surface area contributed by atoms with Crippen molar-refractivity contribution in [2.45, 2.75) is 6.54 Å². The van der Waals surface area contributed by atoms with Crippen LogP contribution in [0, 0.1) is 11.6 Å². The lowest BCUT2D eigenvalue weighted by Gasteiger charge is -2.07. The van der Waals surface area contributed by atoms with E-state index in [1.54, 1.807) is 6.07 Å². The van der Waals surface area contributed by atoms with Gasteiger partial charge in [-0.3, -0.25) is 0 Å². The molecule has 0 saturated carbocycles. The number of benzene rings is 2. The normalized spacial score (nSPS) is 10.4. The molecule has 0 unspecified atom stereocenters. The summed E-state index contributed by atoms with van der Waals surface area (Å²) in [6.45, 7) is 0.717. The molecule has 0 aliphatic heterocycles. The Morgan fingerprint density at radius 1 is 1.00 bits per heavy atom. The fourth-order valence-corrected chi connectivity index (χ4v) is 1.60. The van der Waals surface area contributed by atoms with Crippen LogP contribution in [0.1, 0.15) is 5.56 Å². The maximum Gasteiger partial charge on any atom is 0.162 e. The van der Waals surface area contributed by atoms with Crippen LogP contribution in [-0.4, -0.2) is 7.05 Å². The molecule has 0 saturated heterocycles. The van der Waals surface area contributed by atoms with Crippen LogP contribution in [0.2, 0.25) is 0 Å². The summed E-state index contributed by atoms with van der Waals surface area (Å²) in [6, 6.07) is 10.9. The van der Waals surface area contributed by atoms with E-state index < -0.39 is 11.6 Å². The first-order valence-corrected chi connectivity index (χ1v) is 5.55. The molecule has 2 aromatic rings. The van der Waals surface area contributed by atoms with E-state index >= 15 is 0 Å². The molecule has 94 valence electrons. The molecule has 0 fully saturated rings. The first-order valence-electron chi connectivity index (χ1n) is 5.55. The zero-order valence-electron chi connectivity index (χ0n) is 9.91. The van der Waals surface area contributed by atoms with E-state index in [1.165, 1.54) is 6.07 Å². The van der Waals surface area contributed by atoms with Crippen molar-refractivity contribution in [2.75, 3.05) is 7.05 Å². The number of hydrogen-bond acceptors (Lipinski definition) is 2. The number of halogens is 2. The van der Waals surface area contributed by atoms with Crippen molar-refractivity contribution in [3.8, 4) is 11.5 Å². The number of hydrogen-bond donors (Lipinski definition) is 1. The molecule has 1 N–H and O–H groups in total. The summed E-state index contributed by atoms with van der Waals surface area (Å²) >= 11 is 0. The summed E-state index contributed by atoms with van der Waals surface area (Å²) in [6.07, 6.45) is 0. The molecule has 0 aliphatic carbocycles. The SMILES string of the molecule is CNCc1cccc(Oc2ccc(F)c(F)c2)c1. The Kier molecular flexibility index (Phi) is 3.89. The molecule has 0 amide bonds. The van der Waals surface area contributed by atoms with Crippen molar-refractivity contribution in [2.24, 2.45) is 0 Å². The van der Waals surface area contributed by atoms with Gasteiger partial charge in [-0.1, -0.05) is 12.1 Å². The molecule has 0 aliphatic rings. The number of rotatable bonds is 4. The Morgan fingerprint density at radius 2 is 1.78 bits per heavy atom. The molecule has 2 rings (SSSR count). The van der Waals surface area contributed by atoms with Gasteiger partial charge in [-0.05, 0) is 36.9 Å². The summed E-state index contributed by atoms with van der Waals surface area (Å²) in [4.78, 5) is 0.